The Morgan fingerprint density at radius 1 is 0.368 bits per heavy atom. The molecule has 0 spiro atoms. The summed E-state index contributed by atoms with van der Waals surface area (Å²) in [6.45, 7) is 10.3. The van der Waals surface area contributed by atoms with Crippen LogP contribution >= 0.6 is 0 Å². The van der Waals surface area contributed by atoms with E-state index in [9.17, 15) is 0 Å². The minimum atomic E-state index is 0.862. The molecule has 87 heavy (non-hydrogen) atoms. The molecule has 0 bridgehead atoms. The predicted molar refractivity (Wildman–Crippen MR) is 366 cm³/mol. The number of rotatable bonds is 10. The minimum Gasteiger partial charge on any atom is -0.458 e. The van der Waals surface area contributed by atoms with Crippen molar-refractivity contribution in [1.82, 2.24) is 8.80 Å². The number of hydrogen-bond donors (Lipinski definition) is 0. The van der Waals surface area contributed by atoms with Crippen molar-refractivity contribution in [1.29, 1.82) is 0 Å². The minimum absolute atomic E-state index is 0.862. The number of nitrogens with zero attached hydrogens (tertiary/aromatic N) is 4. The first-order valence-electron chi connectivity index (χ1n) is 29.9. The van der Waals surface area contributed by atoms with E-state index < -0.39 is 0 Å². The zero-order valence-corrected chi connectivity index (χ0v) is 48.1. The fourth-order valence-electron chi connectivity index (χ4n) is 14.8. The lowest BCUT2D eigenvalue weighted by atomic mass is 9.97. The molecule has 6 nitrogen and oxygen atoms in total. The second-order valence-corrected chi connectivity index (χ2v) is 23.3. The van der Waals surface area contributed by atoms with Gasteiger partial charge in [-0.1, -0.05) is 189 Å². The zero-order chi connectivity index (χ0) is 57.8. The van der Waals surface area contributed by atoms with Crippen molar-refractivity contribution in [2.24, 2.45) is 0 Å². The molecule has 6 heteroatoms. The molecule has 0 saturated carbocycles. The van der Waals surface area contributed by atoms with E-state index in [1.807, 2.05) is 19.1 Å². The molecule has 0 aliphatic rings. The molecule has 6 heterocycles. The first-order chi connectivity index (χ1) is 42.9. The molecule has 0 amide bonds. The number of anilines is 6. The number of para-hydroxylation sites is 5. The number of allylic oxidation sites excluding steroid dienone is 2. The summed E-state index contributed by atoms with van der Waals surface area (Å²) in [6, 6.07) is 88.9. The van der Waals surface area contributed by atoms with Crippen LogP contribution in [0.2, 0.25) is 0 Å². The van der Waals surface area contributed by atoms with Crippen LogP contribution in [0.4, 0.5) is 34.1 Å². The topological polar surface area (TPSA) is 41.6 Å². The van der Waals surface area contributed by atoms with E-state index in [0.29, 0.717) is 0 Å². The summed E-state index contributed by atoms with van der Waals surface area (Å²) in [4.78, 5) is 4.68. The van der Waals surface area contributed by atoms with Crippen LogP contribution in [0.3, 0.4) is 0 Å². The van der Waals surface area contributed by atoms with E-state index in [1.165, 1.54) is 87.3 Å². The third-order valence-corrected chi connectivity index (χ3v) is 18.5. The van der Waals surface area contributed by atoms with E-state index in [4.69, 9.17) is 8.83 Å². The molecule has 18 aromatic rings. The molecule has 18 rings (SSSR count). The first-order valence-corrected chi connectivity index (χ1v) is 29.9. The van der Waals surface area contributed by atoms with Gasteiger partial charge in [-0.15, -0.1) is 0 Å². The van der Waals surface area contributed by atoms with E-state index in [0.717, 1.165) is 101 Å². The van der Waals surface area contributed by atoms with Crippen molar-refractivity contribution in [2.75, 3.05) is 9.80 Å². The summed E-state index contributed by atoms with van der Waals surface area (Å²) in [5, 5.41) is 13.3. The Hall–Kier alpha value is -11.3. The highest BCUT2D eigenvalue weighted by Crippen LogP contribution is 2.50. The number of fused-ring (bicyclic) bond motifs is 16. The maximum absolute atomic E-state index is 6.70. The van der Waals surface area contributed by atoms with Gasteiger partial charge in [0.05, 0.1) is 44.5 Å². The molecule has 0 unspecified atom stereocenters. The second-order valence-electron chi connectivity index (χ2n) is 23.3. The largest absolute Gasteiger partial charge is 0.458 e. The average molecular weight is 1120 g/mol. The lowest BCUT2D eigenvalue weighted by Crippen LogP contribution is -2.11. The van der Waals surface area contributed by atoms with E-state index in [-0.39, 0.29) is 0 Å². The maximum Gasteiger partial charge on any atom is 0.159 e. The van der Waals surface area contributed by atoms with Gasteiger partial charge >= 0.3 is 0 Å². The van der Waals surface area contributed by atoms with Crippen LogP contribution in [-0.4, -0.2) is 8.80 Å². The molecule has 0 aliphatic heterocycles. The fraction of sp³-hybridized carbons (Fsp3) is 0.0370. The van der Waals surface area contributed by atoms with Crippen molar-refractivity contribution in [3.63, 3.8) is 0 Å². The van der Waals surface area contributed by atoms with Gasteiger partial charge in [0, 0.05) is 87.6 Å². The third kappa shape index (κ3) is 6.98. The highest BCUT2D eigenvalue weighted by Gasteiger charge is 2.27. The van der Waals surface area contributed by atoms with E-state index in [1.54, 1.807) is 6.08 Å². The first kappa shape index (κ1) is 49.1. The lowest BCUT2D eigenvalue weighted by Gasteiger charge is -2.27. The Morgan fingerprint density at radius 2 is 0.816 bits per heavy atom. The smallest absolute Gasteiger partial charge is 0.159 e. The Balaban J connectivity index is 0.757. The Bertz CT molecular complexity index is 5860. The maximum atomic E-state index is 6.70. The third-order valence-electron chi connectivity index (χ3n) is 18.5. The standard InChI is InChI=1S/C81H54N4O2/c1-5-6-23-57-50(4)86-80-63(57)44-34-48(2)76(80)82(53-19-9-7-10-20-53)55-40-36-51(37-41-55)58-25-17-31-69-74(58)65-29-15-27-61-67-47-72-68(46-71(67)84(69)78(61)65)62-28-16-30-66-75-59(26-18-32-70(75)85(72)79(62)66)52-38-42-56(43-39-52)83(54-21-11-8-12-22-54)77-49(3)35-45-64-60-24-13-14-33-73(60)87-81(64)77/h5-47H,1H2,2-4H3/b23-6-. The van der Waals surface area contributed by atoms with Gasteiger partial charge in [-0.2, -0.15) is 0 Å². The summed E-state index contributed by atoms with van der Waals surface area (Å²) in [5.41, 5.74) is 24.3. The molecule has 12 aromatic carbocycles. The van der Waals surface area contributed by atoms with Crippen molar-refractivity contribution < 1.29 is 8.83 Å². The van der Waals surface area contributed by atoms with Gasteiger partial charge in [0.25, 0.3) is 0 Å². The summed E-state index contributed by atoms with van der Waals surface area (Å²) >= 11 is 0. The summed E-state index contributed by atoms with van der Waals surface area (Å²) in [6.07, 6.45) is 5.86. The van der Waals surface area contributed by atoms with Crippen LogP contribution in [0.15, 0.2) is 270 Å². The Labute approximate surface area is 500 Å². The highest BCUT2D eigenvalue weighted by atomic mass is 16.3. The van der Waals surface area contributed by atoms with Crippen LogP contribution in [0.1, 0.15) is 22.5 Å². The van der Waals surface area contributed by atoms with Crippen molar-refractivity contribution in [2.45, 2.75) is 20.8 Å². The van der Waals surface area contributed by atoms with Crippen LogP contribution in [0.25, 0.3) is 137 Å². The van der Waals surface area contributed by atoms with Gasteiger partial charge in [0.15, 0.2) is 11.2 Å². The summed E-state index contributed by atoms with van der Waals surface area (Å²) in [5.74, 6) is 0.875. The molecular weight excluding hydrogens is 1060 g/mol. The van der Waals surface area contributed by atoms with Gasteiger partial charge in [-0.3, -0.25) is 0 Å². The number of furan rings is 2. The molecule has 0 atom stereocenters. The Kier molecular flexibility index (Phi) is 10.5. The monoisotopic (exact) mass is 1110 g/mol. The second kappa shape index (κ2) is 18.6. The lowest BCUT2D eigenvalue weighted by molar-refractivity contribution is 0.577. The van der Waals surface area contributed by atoms with Crippen LogP contribution in [-0.2, 0) is 0 Å². The molecule has 0 N–H and O–H groups in total. The quantitative estimate of drug-likeness (QED) is 0.128. The van der Waals surface area contributed by atoms with E-state index in [2.05, 4.69) is 282 Å². The van der Waals surface area contributed by atoms with Gasteiger partial charge < -0.3 is 27.4 Å². The van der Waals surface area contributed by atoms with Gasteiger partial charge in [-0.05, 0) is 133 Å². The molecule has 0 radical (unpaired) electrons. The predicted octanol–water partition coefficient (Wildman–Crippen LogP) is 23.0. The number of hydrogen-bond acceptors (Lipinski definition) is 4. The van der Waals surface area contributed by atoms with E-state index >= 15 is 0 Å². The fourth-order valence-corrected chi connectivity index (χ4v) is 14.8. The van der Waals surface area contributed by atoms with Gasteiger partial charge in [0.2, 0.25) is 0 Å². The normalized spacial score (nSPS) is 12.3. The SMILES string of the molecule is C=C/C=C\c1c(C)oc2c(N(c3ccccc3)c3ccc(-c4cccc5c4c4cccc6c7cc8c(cc7n5c64)c4cccc5c6c(-c7ccc(N(c9ccccc9)c9c(C)ccc%10c9oc9ccccc9%10)cc7)cccc6n8c45)cc3)c(C)ccc12. The van der Waals surface area contributed by atoms with Crippen molar-refractivity contribution in [3.05, 3.63) is 284 Å². The number of benzene rings is 12. The zero-order valence-electron chi connectivity index (χ0n) is 48.1. The van der Waals surface area contributed by atoms with Crippen LogP contribution in [0.5, 0.6) is 0 Å². The number of aromatic nitrogens is 2. The average Bonchev–Trinajstić information content (AvgIpc) is 1.56. The van der Waals surface area contributed by atoms with Crippen LogP contribution in [0, 0.1) is 20.8 Å². The van der Waals surface area contributed by atoms with Crippen molar-refractivity contribution >= 4 is 149 Å². The highest BCUT2D eigenvalue weighted by molar-refractivity contribution is 6.31. The van der Waals surface area contributed by atoms with Gasteiger partial charge in [-0.25, -0.2) is 0 Å². The van der Waals surface area contributed by atoms with Gasteiger partial charge in [0.1, 0.15) is 11.3 Å². The molecule has 6 aromatic heterocycles. The summed E-state index contributed by atoms with van der Waals surface area (Å²) < 4.78 is 18.4. The Morgan fingerprint density at radius 3 is 1.34 bits per heavy atom. The molecule has 0 saturated heterocycles. The number of aryl methyl sites for hydroxylation is 3. The molecule has 0 fully saturated rings. The molecule has 0 aliphatic carbocycles. The molecular formula is C81H54N4O2. The van der Waals surface area contributed by atoms with Crippen LogP contribution < -0.4 is 9.80 Å². The summed E-state index contributed by atoms with van der Waals surface area (Å²) in [7, 11) is 0. The van der Waals surface area contributed by atoms with Crippen molar-refractivity contribution in [3.8, 4) is 22.3 Å². The molecule has 410 valence electrons.